The number of anilines is 1. The summed E-state index contributed by atoms with van der Waals surface area (Å²) in [5.74, 6) is 0.428. The lowest BCUT2D eigenvalue weighted by molar-refractivity contribution is -0.120. The van der Waals surface area contributed by atoms with Crippen molar-refractivity contribution in [3.8, 4) is 0 Å². The van der Waals surface area contributed by atoms with Gasteiger partial charge in [-0.1, -0.05) is 54.1 Å². The molecule has 0 radical (unpaired) electrons. The molecule has 166 valence electrons. The Morgan fingerprint density at radius 1 is 0.848 bits per heavy atom. The van der Waals surface area contributed by atoms with Crippen LogP contribution in [0.25, 0.3) is 0 Å². The molecule has 4 aromatic rings. The lowest BCUT2D eigenvalue weighted by atomic mass is 10.1. The number of nitrogens with zero attached hydrogens (tertiary/aromatic N) is 1. The Hall–Kier alpha value is -3.83. The molecule has 33 heavy (non-hydrogen) atoms. The third-order valence-electron chi connectivity index (χ3n) is 5.15. The van der Waals surface area contributed by atoms with Gasteiger partial charge in [0, 0.05) is 16.3 Å². The van der Waals surface area contributed by atoms with Crippen LogP contribution in [0, 0.1) is 0 Å². The molecule has 1 aromatic heterocycles. The number of amides is 2. The van der Waals surface area contributed by atoms with Crippen molar-refractivity contribution in [2.45, 2.75) is 19.5 Å². The maximum absolute atomic E-state index is 13.4. The molecule has 0 aliphatic rings. The molecular weight excluding hydrogens is 436 g/mol. The Kier molecular flexibility index (Phi) is 7.22. The molecule has 0 bridgehead atoms. The average molecular weight is 459 g/mol. The van der Waals surface area contributed by atoms with Gasteiger partial charge in [0.15, 0.2) is 0 Å². The van der Waals surface area contributed by atoms with Crippen LogP contribution in [-0.4, -0.2) is 11.8 Å². The molecule has 0 aliphatic carbocycles. The Morgan fingerprint density at radius 2 is 1.61 bits per heavy atom. The zero-order valence-electron chi connectivity index (χ0n) is 17.9. The highest BCUT2D eigenvalue weighted by Gasteiger charge is 2.19. The Labute approximate surface area is 197 Å². The second kappa shape index (κ2) is 10.7. The highest BCUT2D eigenvalue weighted by molar-refractivity contribution is 6.30. The minimum atomic E-state index is -0.144. The summed E-state index contributed by atoms with van der Waals surface area (Å²) < 4.78 is 5.25. The van der Waals surface area contributed by atoms with E-state index in [1.165, 1.54) is 0 Å². The fraction of sp³-hybridized carbons (Fsp3) is 0.111. The highest BCUT2D eigenvalue weighted by Crippen LogP contribution is 2.23. The van der Waals surface area contributed by atoms with Crippen LogP contribution in [0.5, 0.6) is 0 Å². The number of hydrogen-bond acceptors (Lipinski definition) is 3. The summed E-state index contributed by atoms with van der Waals surface area (Å²) in [5, 5.41) is 3.42. The quantitative estimate of drug-likeness (QED) is 0.371. The van der Waals surface area contributed by atoms with Gasteiger partial charge in [-0.2, -0.15) is 0 Å². The third-order valence-corrected chi connectivity index (χ3v) is 5.40. The number of carbonyl (C=O) groups is 2. The molecule has 4 rings (SSSR count). The second-order valence-electron chi connectivity index (χ2n) is 7.59. The van der Waals surface area contributed by atoms with Crippen LogP contribution in [0.3, 0.4) is 0 Å². The van der Waals surface area contributed by atoms with Crippen molar-refractivity contribution >= 4 is 29.1 Å². The zero-order chi connectivity index (χ0) is 23.0. The van der Waals surface area contributed by atoms with E-state index in [2.05, 4.69) is 5.32 Å². The lowest BCUT2D eigenvalue weighted by Crippen LogP contribution is -2.30. The largest absolute Gasteiger partial charge is 0.467 e. The van der Waals surface area contributed by atoms with Gasteiger partial charge in [-0.3, -0.25) is 9.59 Å². The molecule has 1 N–H and O–H groups in total. The van der Waals surface area contributed by atoms with Gasteiger partial charge in [0.25, 0.3) is 5.91 Å². The van der Waals surface area contributed by atoms with Gasteiger partial charge < -0.3 is 14.6 Å². The van der Waals surface area contributed by atoms with E-state index in [1.807, 2.05) is 60.7 Å². The normalized spacial score (nSPS) is 10.6. The molecule has 1 heterocycles. The van der Waals surface area contributed by atoms with E-state index in [0.29, 0.717) is 29.4 Å². The van der Waals surface area contributed by atoms with Gasteiger partial charge in [0.2, 0.25) is 5.91 Å². The van der Waals surface area contributed by atoms with Crippen LogP contribution in [-0.2, 0) is 24.3 Å². The smallest absolute Gasteiger partial charge is 0.258 e. The van der Waals surface area contributed by atoms with Gasteiger partial charge in [0.1, 0.15) is 5.76 Å². The Bertz CT molecular complexity index is 1210. The Balaban J connectivity index is 1.55. The van der Waals surface area contributed by atoms with Crippen LogP contribution >= 0.6 is 11.6 Å². The summed E-state index contributed by atoms with van der Waals surface area (Å²) in [6, 6.07) is 27.7. The monoisotopic (exact) mass is 458 g/mol. The number of halogens is 1. The van der Waals surface area contributed by atoms with Crippen molar-refractivity contribution in [3.63, 3.8) is 0 Å². The van der Waals surface area contributed by atoms with E-state index in [0.717, 1.165) is 16.8 Å². The van der Waals surface area contributed by atoms with Crippen LogP contribution in [0.1, 0.15) is 27.2 Å². The van der Waals surface area contributed by atoms with Gasteiger partial charge in [-0.15, -0.1) is 0 Å². The standard InChI is InChI=1S/C27H23ClN2O3/c28-23-13-11-22(12-14-23)27(32)30(19-20-6-2-1-3-7-20)24-9-4-8-21(16-24)17-26(31)29-18-25-10-5-15-33-25/h1-16H,17-19H2,(H,29,31). The molecule has 0 saturated heterocycles. The zero-order valence-corrected chi connectivity index (χ0v) is 18.7. The van der Waals surface area contributed by atoms with E-state index < -0.39 is 0 Å². The van der Waals surface area contributed by atoms with Crippen molar-refractivity contribution in [2.24, 2.45) is 0 Å². The predicted molar refractivity (Wildman–Crippen MR) is 129 cm³/mol. The van der Waals surface area contributed by atoms with Crippen LogP contribution in [0.15, 0.2) is 102 Å². The molecule has 2 amide bonds. The number of rotatable bonds is 8. The van der Waals surface area contributed by atoms with Crippen molar-refractivity contribution in [1.29, 1.82) is 0 Å². The first kappa shape index (κ1) is 22.4. The minimum absolute atomic E-state index is 0.123. The summed E-state index contributed by atoms with van der Waals surface area (Å²) in [4.78, 5) is 27.6. The summed E-state index contributed by atoms with van der Waals surface area (Å²) in [7, 11) is 0. The molecule has 3 aromatic carbocycles. The third kappa shape index (κ3) is 6.11. The second-order valence-corrected chi connectivity index (χ2v) is 8.02. The van der Waals surface area contributed by atoms with Crippen molar-refractivity contribution in [3.05, 3.63) is 125 Å². The summed E-state index contributed by atoms with van der Waals surface area (Å²) >= 11 is 6.00. The molecule has 0 aliphatic heterocycles. The first-order chi connectivity index (χ1) is 16.1. The van der Waals surface area contributed by atoms with Gasteiger partial charge >= 0.3 is 0 Å². The minimum Gasteiger partial charge on any atom is -0.467 e. The summed E-state index contributed by atoms with van der Waals surface area (Å²) in [6.07, 6.45) is 1.77. The van der Waals surface area contributed by atoms with Crippen LogP contribution in [0.2, 0.25) is 5.02 Å². The van der Waals surface area contributed by atoms with Crippen LogP contribution in [0.4, 0.5) is 5.69 Å². The Morgan fingerprint density at radius 3 is 2.33 bits per heavy atom. The lowest BCUT2D eigenvalue weighted by Gasteiger charge is -2.24. The van der Waals surface area contributed by atoms with E-state index >= 15 is 0 Å². The van der Waals surface area contributed by atoms with Gasteiger partial charge in [-0.25, -0.2) is 0 Å². The SMILES string of the molecule is O=C(Cc1cccc(N(Cc2ccccc2)C(=O)c2ccc(Cl)cc2)c1)NCc1ccco1. The number of hydrogen-bond donors (Lipinski definition) is 1. The van der Waals surface area contributed by atoms with Crippen molar-refractivity contribution < 1.29 is 14.0 Å². The molecular formula is C27H23ClN2O3. The van der Waals surface area contributed by atoms with E-state index in [1.54, 1.807) is 41.5 Å². The van der Waals surface area contributed by atoms with Crippen molar-refractivity contribution in [2.75, 3.05) is 4.90 Å². The molecule has 0 fully saturated rings. The van der Waals surface area contributed by atoms with E-state index in [-0.39, 0.29) is 18.2 Å². The fourth-order valence-corrected chi connectivity index (χ4v) is 3.60. The maximum Gasteiger partial charge on any atom is 0.258 e. The molecule has 0 spiro atoms. The van der Waals surface area contributed by atoms with Crippen molar-refractivity contribution in [1.82, 2.24) is 5.32 Å². The molecule has 0 unspecified atom stereocenters. The fourth-order valence-electron chi connectivity index (χ4n) is 3.48. The number of carbonyl (C=O) groups excluding carboxylic acids is 2. The number of furan rings is 1. The maximum atomic E-state index is 13.4. The number of nitrogens with one attached hydrogen (secondary N) is 1. The van der Waals surface area contributed by atoms with Gasteiger partial charge in [-0.05, 0) is 59.7 Å². The van der Waals surface area contributed by atoms with Gasteiger partial charge in [0.05, 0.1) is 25.8 Å². The molecule has 0 saturated carbocycles. The first-order valence-corrected chi connectivity index (χ1v) is 11.0. The topological polar surface area (TPSA) is 62.6 Å². The van der Waals surface area contributed by atoms with E-state index in [9.17, 15) is 9.59 Å². The molecule has 6 heteroatoms. The summed E-state index contributed by atoms with van der Waals surface area (Å²) in [5.41, 5.74) is 3.07. The molecule has 0 atom stereocenters. The first-order valence-electron chi connectivity index (χ1n) is 10.6. The highest BCUT2D eigenvalue weighted by atomic mass is 35.5. The van der Waals surface area contributed by atoms with E-state index in [4.69, 9.17) is 16.0 Å². The van der Waals surface area contributed by atoms with Crippen LogP contribution < -0.4 is 10.2 Å². The number of benzene rings is 3. The molecule has 5 nitrogen and oxygen atoms in total. The predicted octanol–water partition coefficient (Wildman–Crippen LogP) is 5.64. The summed E-state index contributed by atoms with van der Waals surface area (Å²) in [6.45, 7) is 0.733. The average Bonchev–Trinajstić information content (AvgIpc) is 3.36.